The van der Waals surface area contributed by atoms with Crippen LogP contribution in [0.1, 0.15) is 59.3 Å². The van der Waals surface area contributed by atoms with Crippen molar-refractivity contribution in [2.45, 2.75) is 64.5 Å². The molecule has 25 heavy (non-hydrogen) atoms. The molecular formula is C19H34N2O3S. The summed E-state index contributed by atoms with van der Waals surface area (Å²) in [5.41, 5.74) is 1.08. The van der Waals surface area contributed by atoms with Gasteiger partial charge in [-0.25, -0.2) is 13.1 Å². The van der Waals surface area contributed by atoms with Crippen LogP contribution in [0.15, 0.2) is 24.3 Å². The fraction of sp³-hybridized carbons (Fsp3) is 0.684. The summed E-state index contributed by atoms with van der Waals surface area (Å²) in [6.45, 7) is 7.96. The average Bonchev–Trinajstić information content (AvgIpc) is 2.61. The zero-order valence-electron chi connectivity index (χ0n) is 15.9. The second kappa shape index (κ2) is 12.1. The molecule has 0 bridgehead atoms. The van der Waals surface area contributed by atoms with Crippen molar-refractivity contribution >= 4 is 15.7 Å². The Morgan fingerprint density at radius 3 is 2.32 bits per heavy atom. The molecule has 0 heterocycles. The molecule has 1 rings (SSSR count). The Morgan fingerprint density at radius 2 is 1.68 bits per heavy atom. The van der Waals surface area contributed by atoms with E-state index in [2.05, 4.69) is 17.0 Å². The highest BCUT2D eigenvalue weighted by Gasteiger charge is 2.17. The molecule has 0 spiro atoms. The number of anilines is 1. The maximum absolute atomic E-state index is 11.8. The SMILES string of the molecule is CCCCOc1ccc(NCCCCCNS(=O)(=O)C(C)CC)cc1. The van der Waals surface area contributed by atoms with E-state index < -0.39 is 10.0 Å². The van der Waals surface area contributed by atoms with Gasteiger partial charge in [0.15, 0.2) is 0 Å². The van der Waals surface area contributed by atoms with E-state index in [0.29, 0.717) is 13.0 Å². The van der Waals surface area contributed by atoms with Gasteiger partial charge in [-0.2, -0.15) is 0 Å². The van der Waals surface area contributed by atoms with Crippen molar-refractivity contribution in [1.82, 2.24) is 4.72 Å². The summed E-state index contributed by atoms with van der Waals surface area (Å²) < 4.78 is 31.9. The molecule has 1 atom stereocenters. The molecule has 144 valence electrons. The van der Waals surface area contributed by atoms with Crippen LogP contribution in [0.25, 0.3) is 0 Å². The second-order valence-electron chi connectivity index (χ2n) is 6.37. The Morgan fingerprint density at radius 1 is 1.00 bits per heavy atom. The molecule has 6 heteroatoms. The molecule has 2 N–H and O–H groups in total. The van der Waals surface area contributed by atoms with E-state index in [1.54, 1.807) is 6.92 Å². The molecule has 1 aromatic rings. The Kier molecular flexibility index (Phi) is 10.6. The minimum atomic E-state index is -3.14. The van der Waals surface area contributed by atoms with E-state index in [1.807, 2.05) is 31.2 Å². The molecule has 0 aliphatic carbocycles. The van der Waals surface area contributed by atoms with E-state index in [-0.39, 0.29) is 5.25 Å². The lowest BCUT2D eigenvalue weighted by atomic mass is 10.2. The lowest BCUT2D eigenvalue weighted by Gasteiger charge is -2.12. The largest absolute Gasteiger partial charge is 0.494 e. The van der Waals surface area contributed by atoms with Gasteiger partial charge in [0, 0.05) is 18.8 Å². The van der Waals surface area contributed by atoms with E-state index in [0.717, 1.165) is 56.7 Å². The second-order valence-corrected chi connectivity index (χ2v) is 8.56. The van der Waals surface area contributed by atoms with Crippen LogP contribution in [-0.4, -0.2) is 33.4 Å². The van der Waals surface area contributed by atoms with Crippen molar-refractivity contribution in [2.24, 2.45) is 0 Å². The minimum Gasteiger partial charge on any atom is -0.494 e. The molecule has 0 saturated carbocycles. The highest BCUT2D eigenvalue weighted by Crippen LogP contribution is 2.16. The van der Waals surface area contributed by atoms with E-state index in [4.69, 9.17) is 4.74 Å². The maximum atomic E-state index is 11.8. The first-order chi connectivity index (χ1) is 12.0. The number of nitrogens with one attached hydrogen (secondary N) is 2. The Hall–Kier alpha value is -1.27. The van der Waals surface area contributed by atoms with Crippen molar-refractivity contribution in [3.05, 3.63) is 24.3 Å². The number of unbranched alkanes of at least 4 members (excludes halogenated alkanes) is 3. The van der Waals surface area contributed by atoms with Crippen LogP contribution >= 0.6 is 0 Å². The molecule has 0 amide bonds. The summed E-state index contributed by atoms with van der Waals surface area (Å²) in [4.78, 5) is 0. The van der Waals surface area contributed by atoms with Crippen LogP contribution in [-0.2, 0) is 10.0 Å². The van der Waals surface area contributed by atoms with Gasteiger partial charge in [-0.1, -0.05) is 26.7 Å². The molecule has 0 saturated heterocycles. The average molecular weight is 371 g/mol. The number of rotatable bonds is 14. The van der Waals surface area contributed by atoms with Gasteiger partial charge in [-0.3, -0.25) is 0 Å². The van der Waals surface area contributed by atoms with Gasteiger partial charge >= 0.3 is 0 Å². The van der Waals surface area contributed by atoms with Crippen molar-refractivity contribution in [3.8, 4) is 5.75 Å². The summed E-state index contributed by atoms with van der Waals surface area (Å²) in [6.07, 6.45) is 5.73. The van der Waals surface area contributed by atoms with Gasteiger partial charge in [0.05, 0.1) is 11.9 Å². The zero-order chi connectivity index (χ0) is 18.5. The minimum absolute atomic E-state index is 0.317. The molecule has 0 aliphatic rings. The lowest BCUT2D eigenvalue weighted by molar-refractivity contribution is 0.309. The maximum Gasteiger partial charge on any atom is 0.214 e. The van der Waals surface area contributed by atoms with Crippen LogP contribution in [0, 0.1) is 0 Å². The van der Waals surface area contributed by atoms with Crippen molar-refractivity contribution in [1.29, 1.82) is 0 Å². The normalized spacial score (nSPS) is 12.8. The zero-order valence-corrected chi connectivity index (χ0v) is 16.7. The topological polar surface area (TPSA) is 67.4 Å². The van der Waals surface area contributed by atoms with E-state index >= 15 is 0 Å². The molecule has 1 aromatic carbocycles. The quantitative estimate of drug-likeness (QED) is 0.482. The van der Waals surface area contributed by atoms with Crippen LogP contribution in [0.2, 0.25) is 0 Å². The van der Waals surface area contributed by atoms with Gasteiger partial charge in [0.25, 0.3) is 0 Å². The van der Waals surface area contributed by atoms with E-state index in [1.165, 1.54) is 0 Å². The van der Waals surface area contributed by atoms with Gasteiger partial charge in [0.1, 0.15) is 5.75 Å². The fourth-order valence-electron chi connectivity index (χ4n) is 2.24. The van der Waals surface area contributed by atoms with Crippen molar-refractivity contribution < 1.29 is 13.2 Å². The van der Waals surface area contributed by atoms with Crippen molar-refractivity contribution in [3.63, 3.8) is 0 Å². The van der Waals surface area contributed by atoms with Crippen LogP contribution < -0.4 is 14.8 Å². The van der Waals surface area contributed by atoms with E-state index in [9.17, 15) is 8.42 Å². The molecule has 0 fully saturated rings. The molecule has 5 nitrogen and oxygen atoms in total. The monoisotopic (exact) mass is 370 g/mol. The first-order valence-corrected chi connectivity index (χ1v) is 11.0. The molecular weight excluding hydrogens is 336 g/mol. The molecule has 1 unspecified atom stereocenters. The van der Waals surface area contributed by atoms with Crippen LogP contribution in [0.5, 0.6) is 5.75 Å². The summed E-state index contributed by atoms with van der Waals surface area (Å²) in [5, 5.41) is 3.06. The predicted molar refractivity (Wildman–Crippen MR) is 106 cm³/mol. The third kappa shape index (κ3) is 9.12. The van der Waals surface area contributed by atoms with Crippen LogP contribution in [0.3, 0.4) is 0 Å². The number of sulfonamides is 1. The smallest absolute Gasteiger partial charge is 0.214 e. The highest BCUT2D eigenvalue weighted by molar-refractivity contribution is 7.90. The summed E-state index contributed by atoms with van der Waals surface area (Å²) in [7, 11) is -3.14. The van der Waals surface area contributed by atoms with Crippen LogP contribution in [0.4, 0.5) is 5.69 Å². The van der Waals surface area contributed by atoms with Gasteiger partial charge in [-0.15, -0.1) is 0 Å². The summed E-state index contributed by atoms with van der Waals surface area (Å²) in [5.74, 6) is 0.910. The standard InChI is InChI=1S/C19H34N2O3S/c1-4-6-16-24-19-12-10-18(11-13-19)20-14-8-7-9-15-21-25(22,23)17(3)5-2/h10-13,17,20-21H,4-9,14-16H2,1-3H3. The number of hydrogen-bond donors (Lipinski definition) is 2. The molecule has 0 aliphatic heterocycles. The summed E-state index contributed by atoms with van der Waals surface area (Å²) >= 11 is 0. The number of benzene rings is 1. The predicted octanol–water partition coefficient (Wildman–Crippen LogP) is 4.17. The first kappa shape index (κ1) is 21.8. The number of hydrogen-bond acceptors (Lipinski definition) is 4. The first-order valence-electron chi connectivity index (χ1n) is 9.44. The van der Waals surface area contributed by atoms with Gasteiger partial charge in [-0.05, 0) is 56.9 Å². The lowest BCUT2D eigenvalue weighted by Crippen LogP contribution is -2.32. The molecule has 0 aromatic heterocycles. The Balaban J connectivity index is 2.11. The Labute approximate surface area is 153 Å². The number of ether oxygens (including phenoxy) is 1. The highest BCUT2D eigenvalue weighted by atomic mass is 32.2. The third-order valence-corrected chi connectivity index (χ3v) is 6.21. The van der Waals surface area contributed by atoms with Gasteiger partial charge < -0.3 is 10.1 Å². The fourth-order valence-corrected chi connectivity index (χ4v) is 3.39. The third-order valence-electron chi connectivity index (χ3n) is 4.21. The van der Waals surface area contributed by atoms with Gasteiger partial charge in [0.2, 0.25) is 10.0 Å². The Bertz CT molecular complexity index is 559. The van der Waals surface area contributed by atoms with Crippen molar-refractivity contribution in [2.75, 3.05) is 25.0 Å². The summed E-state index contributed by atoms with van der Waals surface area (Å²) in [6, 6.07) is 8.03. The molecule has 0 radical (unpaired) electrons.